The van der Waals surface area contributed by atoms with Gasteiger partial charge in [0, 0.05) is 41.7 Å². The number of hydroxylamine groups is 1. The number of nitrogens with two attached hydrogens (primary N) is 1. The number of alkyl halides is 3. The molecule has 174 valence electrons. The summed E-state index contributed by atoms with van der Waals surface area (Å²) in [6, 6.07) is 6.75. The van der Waals surface area contributed by atoms with Crippen molar-refractivity contribution in [3.05, 3.63) is 60.4 Å². The highest BCUT2D eigenvalue weighted by Crippen LogP contribution is 2.35. The lowest BCUT2D eigenvalue weighted by molar-refractivity contribution is -0.219. The molecule has 0 amide bonds. The van der Waals surface area contributed by atoms with Gasteiger partial charge in [0.2, 0.25) is 5.95 Å². The first kappa shape index (κ1) is 24.0. The van der Waals surface area contributed by atoms with Gasteiger partial charge in [0.25, 0.3) is 10.0 Å². The zero-order valence-corrected chi connectivity index (χ0v) is 17.3. The maximum atomic E-state index is 15.0. The van der Waals surface area contributed by atoms with Gasteiger partial charge in [0.1, 0.15) is 0 Å². The smallest absolute Gasteiger partial charge is 0.368 e. The van der Waals surface area contributed by atoms with Crippen LogP contribution in [0.25, 0.3) is 22.3 Å². The van der Waals surface area contributed by atoms with E-state index in [1.807, 2.05) is 0 Å². The topological polar surface area (TPSA) is 115 Å². The fraction of sp³-hybridized carbons (Fsp3) is 0.105. The molecule has 0 fully saturated rings. The third kappa shape index (κ3) is 4.75. The minimum atomic E-state index is -5.46. The van der Waals surface area contributed by atoms with Crippen LogP contribution in [0, 0.1) is 11.6 Å². The number of anilines is 1. The fourth-order valence-corrected chi connectivity index (χ4v) is 3.88. The molecule has 0 atom stereocenters. The third-order valence-corrected chi connectivity index (χ3v) is 5.96. The molecule has 1 heterocycles. The molecule has 3 aromatic rings. The number of rotatable bonds is 5. The first-order chi connectivity index (χ1) is 15.3. The lowest BCUT2D eigenvalue weighted by atomic mass is 10.00. The van der Waals surface area contributed by atoms with Gasteiger partial charge in [-0.15, -0.1) is 0 Å². The molecule has 0 saturated heterocycles. The molecule has 0 bridgehead atoms. The number of halogens is 5. The number of carbonyl (C=O) groups is 1. The summed E-state index contributed by atoms with van der Waals surface area (Å²) in [5, 5.41) is 0. The summed E-state index contributed by atoms with van der Waals surface area (Å²) in [6.45, 7) is 0. The van der Waals surface area contributed by atoms with Gasteiger partial charge in [-0.25, -0.2) is 32.0 Å². The van der Waals surface area contributed by atoms with E-state index in [0.29, 0.717) is 7.05 Å². The van der Waals surface area contributed by atoms with Crippen LogP contribution in [-0.2, 0) is 19.7 Å². The van der Waals surface area contributed by atoms with Crippen molar-refractivity contribution in [3.8, 4) is 22.3 Å². The highest BCUT2D eigenvalue weighted by Gasteiger charge is 2.44. The molecule has 3 rings (SSSR count). The van der Waals surface area contributed by atoms with Crippen molar-refractivity contribution in [2.24, 2.45) is 0 Å². The zero-order valence-electron chi connectivity index (χ0n) is 16.5. The Morgan fingerprint density at radius 1 is 0.970 bits per heavy atom. The Labute approximate surface area is 183 Å². The Morgan fingerprint density at radius 3 is 2.12 bits per heavy atom. The normalized spacial score (nSPS) is 12.1. The zero-order chi connectivity index (χ0) is 24.6. The number of nitrogens with zero attached hydrogens (tertiary/aromatic N) is 3. The van der Waals surface area contributed by atoms with E-state index < -0.39 is 44.3 Å². The monoisotopic (exact) mass is 488 g/mol. The fourth-order valence-electron chi connectivity index (χ4n) is 2.73. The Balaban J connectivity index is 2.07. The first-order valence-electron chi connectivity index (χ1n) is 8.77. The summed E-state index contributed by atoms with van der Waals surface area (Å²) in [5.41, 5.74) is 4.31. The molecule has 0 saturated carbocycles. The van der Waals surface area contributed by atoms with E-state index in [-0.39, 0.29) is 27.1 Å². The second kappa shape index (κ2) is 8.71. The van der Waals surface area contributed by atoms with Gasteiger partial charge >= 0.3 is 12.1 Å². The molecule has 14 heteroatoms. The van der Waals surface area contributed by atoms with Crippen molar-refractivity contribution in [1.82, 2.24) is 14.4 Å². The Hall–Kier alpha value is -3.65. The van der Waals surface area contributed by atoms with Gasteiger partial charge in [-0.3, -0.25) is 0 Å². The van der Waals surface area contributed by atoms with E-state index in [1.54, 1.807) is 0 Å². The van der Waals surface area contributed by atoms with Gasteiger partial charge in [0.05, 0.1) is 4.90 Å². The van der Waals surface area contributed by atoms with Crippen molar-refractivity contribution in [3.63, 3.8) is 0 Å². The van der Waals surface area contributed by atoms with E-state index in [9.17, 15) is 35.2 Å². The van der Waals surface area contributed by atoms with Gasteiger partial charge in [-0.1, -0.05) is 30.3 Å². The van der Waals surface area contributed by atoms with Crippen LogP contribution in [-0.4, -0.2) is 42.0 Å². The average Bonchev–Trinajstić information content (AvgIpc) is 2.75. The molecule has 0 unspecified atom stereocenters. The molecule has 0 aliphatic rings. The Kier molecular flexibility index (Phi) is 6.33. The van der Waals surface area contributed by atoms with Crippen LogP contribution in [0.3, 0.4) is 0 Å². The van der Waals surface area contributed by atoms with Crippen LogP contribution >= 0.6 is 0 Å². The van der Waals surface area contributed by atoms with Crippen LogP contribution in [0.5, 0.6) is 0 Å². The molecular weight excluding hydrogens is 475 g/mol. The van der Waals surface area contributed by atoms with Gasteiger partial charge in [0.15, 0.2) is 11.6 Å². The van der Waals surface area contributed by atoms with Crippen molar-refractivity contribution in [2.45, 2.75) is 11.1 Å². The lowest BCUT2D eigenvalue weighted by Gasteiger charge is -2.19. The molecule has 0 radical (unpaired) electrons. The predicted molar refractivity (Wildman–Crippen MR) is 104 cm³/mol. The Bertz CT molecular complexity index is 1310. The molecule has 33 heavy (non-hydrogen) atoms. The average molecular weight is 488 g/mol. The molecule has 0 spiro atoms. The summed E-state index contributed by atoms with van der Waals surface area (Å²) >= 11 is 0. The second-order valence-corrected chi connectivity index (χ2v) is 8.31. The molecule has 8 nitrogen and oxygen atoms in total. The number of hydrogen-bond acceptors (Lipinski definition) is 7. The molecule has 0 aliphatic heterocycles. The maximum absolute atomic E-state index is 15.0. The molecule has 2 aromatic carbocycles. The van der Waals surface area contributed by atoms with Crippen molar-refractivity contribution < 1.29 is 40.0 Å². The summed E-state index contributed by atoms with van der Waals surface area (Å²) in [4.78, 5) is 21.5. The highest BCUT2D eigenvalue weighted by molar-refractivity contribution is 7.89. The number of aromatic nitrogens is 2. The van der Waals surface area contributed by atoms with Crippen LogP contribution in [0.1, 0.15) is 0 Å². The number of benzene rings is 2. The number of hydrogen-bond donors (Lipinski definition) is 1. The minimum absolute atomic E-state index is 0.0897. The standard InChI is InChI=1S/C19H13F5N4O4S/c1-28(32-17(29)19(22,23)24)33(30,31)14-5-3-2-4-12(14)13-7-6-11(15(20)16(13)21)10-8-26-18(25)27-9-10/h2-9H,1H3,(H2,25,26,27). The van der Waals surface area contributed by atoms with Crippen molar-refractivity contribution >= 4 is 21.9 Å². The summed E-state index contributed by atoms with van der Waals surface area (Å²) in [7, 11) is -4.35. The highest BCUT2D eigenvalue weighted by atomic mass is 32.2. The van der Waals surface area contributed by atoms with Crippen LogP contribution in [0.2, 0.25) is 0 Å². The quantitative estimate of drug-likeness (QED) is 0.433. The number of carbonyl (C=O) groups excluding carboxylic acids is 1. The summed E-state index contributed by atoms with van der Waals surface area (Å²) in [5.74, 6) is -5.67. The van der Waals surface area contributed by atoms with Crippen LogP contribution < -0.4 is 5.73 Å². The first-order valence-corrected chi connectivity index (χ1v) is 10.2. The Morgan fingerprint density at radius 2 is 1.52 bits per heavy atom. The molecule has 2 N–H and O–H groups in total. The molecule has 1 aromatic heterocycles. The largest absolute Gasteiger partial charge is 0.492 e. The van der Waals surface area contributed by atoms with E-state index in [4.69, 9.17) is 5.73 Å². The van der Waals surface area contributed by atoms with Crippen molar-refractivity contribution in [2.75, 3.05) is 12.8 Å². The van der Waals surface area contributed by atoms with E-state index >= 15 is 0 Å². The lowest BCUT2D eigenvalue weighted by Crippen LogP contribution is -2.36. The van der Waals surface area contributed by atoms with Crippen LogP contribution in [0.4, 0.5) is 27.9 Å². The maximum Gasteiger partial charge on any atom is 0.492 e. The predicted octanol–water partition coefficient (Wildman–Crippen LogP) is 3.31. The van der Waals surface area contributed by atoms with Gasteiger partial charge in [-0.2, -0.15) is 13.2 Å². The number of sulfonamides is 1. The minimum Gasteiger partial charge on any atom is -0.368 e. The van der Waals surface area contributed by atoms with Gasteiger partial charge in [-0.05, 0) is 10.5 Å². The summed E-state index contributed by atoms with van der Waals surface area (Å²) in [6.07, 6.45) is -3.15. The van der Waals surface area contributed by atoms with E-state index in [2.05, 4.69) is 14.8 Å². The van der Waals surface area contributed by atoms with E-state index in [0.717, 1.165) is 36.7 Å². The van der Waals surface area contributed by atoms with E-state index in [1.165, 1.54) is 12.1 Å². The SMILES string of the molecule is CN(OC(=O)C(F)(F)F)S(=O)(=O)c1ccccc1-c1ccc(-c2cnc(N)nc2)c(F)c1F. The van der Waals surface area contributed by atoms with Crippen LogP contribution in [0.15, 0.2) is 53.7 Å². The molecule has 0 aliphatic carbocycles. The van der Waals surface area contributed by atoms with Gasteiger partial charge < -0.3 is 10.6 Å². The number of nitrogen functional groups attached to an aromatic ring is 1. The third-order valence-electron chi connectivity index (χ3n) is 4.30. The second-order valence-electron chi connectivity index (χ2n) is 6.41. The molecular formula is C19H13F5N4O4S. The van der Waals surface area contributed by atoms with Crippen molar-refractivity contribution in [1.29, 1.82) is 0 Å². The summed E-state index contributed by atoms with van der Waals surface area (Å²) < 4.78 is 92.3.